The molecule has 114 valence electrons. The fraction of sp³-hybridized carbons (Fsp3) is 0.643. The van der Waals surface area contributed by atoms with Crippen LogP contribution in [0.2, 0.25) is 0 Å². The van der Waals surface area contributed by atoms with Crippen LogP contribution in [0.3, 0.4) is 0 Å². The van der Waals surface area contributed by atoms with Gasteiger partial charge in [0.25, 0.3) is 0 Å². The molecule has 7 heteroatoms. The highest BCUT2D eigenvalue weighted by molar-refractivity contribution is 5.77. The van der Waals surface area contributed by atoms with Crippen LogP contribution in [0.5, 0.6) is 0 Å². The molecule has 0 radical (unpaired) electrons. The third kappa shape index (κ3) is 3.07. The first-order valence-corrected chi connectivity index (χ1v) is 7.49. The highest BCUT2D eigenvalue weighted by Crippen LogP contribution is 2.25. The number of nitrogens with one attached hydrogen (secondary N) is 1. The van der Waals surface area contributed by atoms with Gasteiger partial charge in [-0.2, -0.15) is 0 Å². The quantitative estimate of drug-likeness (QED) is 0.800. The first kappa shape index (κ1) is 14.1. The summed E-state index contributed by atoms with van der Waals surface area (Å²) < 4.78 is 0. The Kier molecular flexibility index (Phi) is 4.19. The average molecular weight is 291 g/mol. The smallest absolute Gasteiger partial charge is 0.221 e. The molecular formula is C14H21N5O2. The van der Waals surface area contributed by atoms with E-state index in [4.69, 9.17) is 0 Å². The number of nitrogens with zero attached hydrogens (tertiary/aromatic N) is 4. The van der Waals surface area contributed by atoms with E-state index in [1.807, 2.05) is 6.07 Å². The van der Waals surface area contributed by atoms with Crippen molar-refractivity contribution in [2.75, 3.05) is 42.6 Å². The van der Waals surface area contributed by atoms with Crippen molar-refractivity contribution in [1.29, 1.82) is 0 Å². The van der Waals surface area contributed by atoms with Crippen LogP contribution in [0.4, 0.5) is 11.6 Å². The molecule has 3 heterocycles. The number of carbonyl (C=O) groups excluding carboxylic acids is 1. The van der Waals surface area contributed by atoms with Crippen molar-refractivity contribution in [1.82, 2.24) is 15.3 Å². The lowest BCUT2D eigenvalue weighted by Gasteiger charge is -2.26. The molecule has 0 unspecified atom stereocenters. The molecule has 7 nitrogen and oxygen atoms in total. The molecule has 2 fully saturated rings. The zero-order chi connectivity index (χ0) is 14.7. The molecular weight excluding hydrogens is 270 g/mol. The van der Waals surface area contributed by atoms with Crippen LogP contribution in [-0.4, -0.2) is 59.8 Å². The minimum atomic E-state index is 0.0895. The van der Waals surface area contributed by atoms with Crippen LogP contribution >= 0.6 is 0 Å². The Hall–Kier alpha value is -1.89. The number of hydrogen-bond donors (Lipinski definition) is 2. The number of rotatable bonds is 3. The van der Waals surface area contributed by atoms with Crippen LogP contribution < -0.4 is 15.1 Å². The Morgan fingerprint density at radius 2 is 2.14 bits per heavy atom. The fourth-order valence-corrected chi connectivity index (χ4v) is 2.99. The zero-order valence-electron chi connectivity index (χ0n) is 12.0. The molecule has 1 aromatic heterocycles. The van der Waals surface area contributed by atoms with Gasteiger partial charge >= 0.3 is 0 Å². The standard InChI is InChI=1S/C14H21N5O2/c20-9-11-2-1-5-19(11)13-8-12(16-10-17-13)18-6-3-14(21)15-4-7-18/h8,10-11,20H,1-7,9H2,(H,15,21)/t11-/m1/s1. The predicted octanol–water partition coefficient (Wildman–Crippen LogP) is -0.236. The van der Waals surface area contributed by atoms with E-state index in [1.54, 1.807) is 6.33 Å². The maximum absolute atomic E-state index is 11.4. The molecule has 1 aromatic rings. The lowest BCUT2D eigenvalue weighted by atomic mass is 10.2. The van der Waals surface area contributed by atoms with Crippen molar-refractivity contribution in [3.63, 3.8) is 0 Å². The number of hydrogen-bond acceptors (Lipinski definition) is 6. The van der Waals surface area contributed by atoms with Crippen molar-refractivity contribution in [3.05, 3.63) is 12.4 Å². The molecule has 0 bridgehead atoms. The summed E-state index contributed by atoms with van der Waals surface area (Å²) in [6.07, 6.45) is 4.13. The molecule has 3 rings (SSSR count). The maximum Gasteiger partial charge on any atom is 0.221 e. The maximum atomic E-state index is 11.4. The molecule has 2 aliphatic heterocycles. The molecule has 1 atom stereocenters. The Balaban J connectivity index is 1.78. The first-order valence-electron chi connectivity index (χ1n) is 7.49. The van der Waals surface area contributed by atoms with E-state index in [-0.39, 0.29) is 18.6 Å². The van der Waals surface area contributed by atoms with Gasteiger partial charge in [0, 0.05) is 38.7 Å². The van der Waals surface area contributed by atoms with Gasteiger partial charge < -0.3 is 20.2 Å². The summed E-state index contributed by atoms with van der Waals surface area (Å²) in [6.45, 7) is 3.14. The second kappa shape index (κ2) is 6.26. The van der Waals surface area contributed by atoms with Gasteiger partial charge in [-0.3, -0.25) is 4.79 Å². The summed E-state index contributed by atoms with van der Waals surface area (Å²) in [6, 6.07) is 2.11. The monoisotopic (exact) mass is 291 g/mol. The molecule has 2 saturated heterocycles. The summed E-state index contributed by atoms with van der Waals surface area (Å²) in [4.78, 5) is 24.3. The van der Waals surface area contributed by atoms with Crippen molar-refractivity contribution in [2.24, 2.45) is 0 Å². The largest absolute Gasteiger partial charge is 0.394 e. The van der Waals surface area contributed by atoms with Crippen molar-refractivity contribution in [2.45, 2.75) is 25.3 Å². The van der Waals surface area contributed by atoms with Crippen molar-refractivity contribution in [3.8, 4) is 0 Å². The topological polar surface area (TPSA) is 81.6 Å². The third-order valence-electron chi connectivity index (χ3n) is 4.16. The summed E-state index contributed by atoms with van der Waals surface area (Å²) in [5.41, 5.74) is 0. The van der Waals surface area contributed by atoms with Gasteiger partial charge in [-0.05, 0) is 12.8 Å². The lowest BCUT2D eigenvalue weighted by molar-refractivity contribution is -0.120. The second-order valence-electron chi connectivity index (χ2n) is 5.49. The summed E-state index contributed by atoms with van der Waals surface area (Å²) >= 11 is 0. The molecule has 1 amide bonds. The van der Waals surface area contributed by atoms with E-state index < -0.39 is 0 Å². The predicted molar refractivity (Wildman–Crippen MR) is 79.3 cm³/mol. The van der Waals surface area contributed by atoms with Crippen LogP contribution in [0.15, 0.2) is 12.4 Å². The zero-order valence-corrected chi connectivity index (χ0v) is 12.0. The van der Waals surface area contributed by atoms with E-state index in [9.17, 15) is 9.90 Å². The molecule has 0 aliphatic carbocycles. The third-order valence-corrected chi connectivity index (χ3v) is 4.16. The lowest BCUT2D eigenvalue weighted by Crippen LogP contribution is -2.33. The normalized spacial score (nSPS) is 23.1. The number of aliphatic hydroxyl groups excluding tert-OH is 1. The Bertz CT molecular complexity index is 510. The van der Waals surface area contributed by atoms with Gasteiger partial charge in [-0.1, -0.05) is 0 Å². The van der Waals surface area contributed by atoms with Gasteiger partial charge in [0.15, 0.2) is 0 Å². The van der Waals surface area contributed by atoms with Gasteiger partial charge in [-0.15, -0.1) is 0 Å². The van der Waals surface area contributed by atoms with E-state index in [1.165, 1.54) is 0 Å². The minimum Gasteiger partial charge on any atom is -0.394 e. The van der Waals surface area contributed by atoms with Gasteiger partial charge in [0.2, 0.25) is 5.91 Å². The van der Waals surface area contributed by atoms with Crippen molar-refractivity contribution >= 4 is 17.5 Å². The van der Waals surface area contributed by atoms with E-state index >= 15 is 0 Å². The number of aromatic nitrogens is 2. The van der Waals surface area contributed by atoms with Crippen molar-refractivity contribution < 1.29 is 9.90 Å². The van der Waals surface area contributed by atoms with Crippen LogP contribution in [0.25, 0.3) is 0 Å². The molecule has 0 aromatic carbocycles. The molecule has 0 spiro atoms. The van der Waals surface area contributed by atoms with Crippen LogP contribution in [0, 0.1) is 0 Å². The van der Waals surface area contributed by atoms with E-state index in [2.05, 4.69) is 25.1 Å². The van der Waals surface area contributed by atoms with E-state index in [0.29, 0.717) is 19.5 Å². The van der Waals surface area contributed by atoms with Gasteiger partial charge in [0.05, 0.1) is 12.6 Å². The summed E-state index contributed by atoms with van der Waals surface area (Å²) in [7, 11) is 0. The highest BCUT2D eigenvalue weighted by Gasteiger charge is 2.25. The molecule has 0 saturated carbocycles. The average Bonchev–Trinajstić information content (AvgIpc) is 2.89. The fourth-order valence-electron chi connectivity index (χ4n) is 2.99. The Labute approximate surface area is 124 Å². The van der Waals surface area contributed by atoms with Crippen LogP contribution in [0.1, 0.15) is 19.3 Å². The second-order valence-corrected chi connectivity index (χ2v) is 5.49. The molecule has 2 N–H and O–H groups in total. The Morgan fingerprint density at radius 3 is 3.00 bits per heavy atom. The molecule has 21 heavy (non-hydrogen) atoms. The van der Waals surface area contributed by atoms with Crippen LogP contribution in [-0.2, 0) is 4.79 Å². The number of amides is 1. The highest BCUT2D eigenvalue weighted by atomic mass is 16.3. The summed E-state index contributed by atoms with van der Waals surface area (Å²) in [5.74, 6) is 1.80. The number of aliphatic hydroxyl groups is 1. The van der Waals surface area contributed by atoms with Gasteiger partial charge in [0.1, 0.15) is 18.0 Å². The SMILES string of the molecule is O=C1CCN(c2cc(N3CCC[C@@H]3CO)ncn2)CCN1. The number of anilines is 2. The first-order chi connectivity index (χ1) is 10.3. The molecule has 2 aliphatic rings. The number of carbonyl (C=O) groups is 1. The van der Waals surface area contributed by atoms with Gasteiger partial charge in [-0.25, -0.2) is 9.97 Å². The minimum absolute atomic E-state index is 0.0895. The summed E-state index contributed by atoms with van der Waals surface area (Å²) in [5, 5.41) is 12.3. The Morgan fingerprint density at radius 1 is 1.29 bits per heavy atom. The van der Waals surface area contributed by atoms with E-state index in [0.717, 1.165) is 37.6 Å².